The summed E-state index contributed by atoms with van der Waals surface area (Å²) in [5.74, 6) is 1.22. The number of imidazole rings is 1. The minimum Gasteiger partial charge on any atom is -0.248 e. The first-order valence-corrected chi connectivity index (χ1v) is 6.36. The number of hydrogen-bond donors (Lipinski definition) is 0. The zero-order valence-electron chi connectivity index (χ0n) is 10.6. The van der Waals surface area contributed by atoms with E-state index in [2.05, 4.69) is 46.4 Å². The molecule has 2 aromatic heterocycles. The summed E-state index contributed by atoms with van der Waals surface area (Å²) in [6.07, 6.45) is 8.45. The summed E-state index contributed by atoms with van der Waals surface area (Å²) < 4.78 is 4.58. The molecule has 17 heavy (non-hydrogen) atoms. The Morgan fingerprint density at radius 1 is 1.24 bits per heavy atom. The zero-order chi connectivity index (χ0) is 12.1. The summed E-state index contributed by atoms with van der Waals surface area (Å²) in [4.78, 5) is 4.47. The molecule has 3 nitrogen and oxygen atoms in total. The molecule has 0 saturated heterocycles. The van der Waals surface area contributed by atoms with E-state index in [4.69, 9.17) is 0 Å². The molecule has 0 bridgehead atoms. The molecule has 2 aromatic rings. The number of pyridine rings is 1. The summed E-state index contributed by atoms with van der Waals surface area (Å²) in [7, 11) is 0. The molecule has 3 heteroatoms. The van der Waals surface area contributed by atoms with Crippen molar-refractivity contribution in [2.24, 2.45) is 0 Å². The predicted molar refractivity (Wildman–Crippen MR) is 68.4 cm³/mol. The van der Waals surface area contributed by atoms with Crippen molar-refractivity contribution in [2.75, 3.05) is 0 Å². The van der Waals surface area contributed by atoms with Gasteiger partial charge in [-0.05, 0) is 25.0 Å². The van der Waals surface area contributed by atoms with Crippen molar-refractivity contribution in [1.82, 2.24) is 9.55 Å². The molecule has 0 amide bonds. The summed E-state index contributed by atoms with van der Waals surface area (Å²) in [6, 6.07) is 6.08. The lowest BCUT2D eigenvalue weighted by molar-refractivity contribution is -0.685. The van der Waals surface area contributed by atoms with Gasteiger partial charge in [0.15, 0.2) is 5.69 Å². The van der Waals surface area contributed by atoms with Crippen LogP contribution in [0.4, 0.5) is 0 Å². The van der Waals surface area contributed by atoms with Crippen LogP contribution in [0.5, 0.6) is 0 Å². The molecule has 0 atom stereocenters. The second kappa shape index (κ2) is 5.62. The molecule has 0 aliphatic rings. The highest BCUT2D eigenvalue weighted by molar-refractivity contribution is 5.45. The molecule has 0 aromatic carbocycles. The second-order valence-electron chi connectivity index (χ2n) is 4.22. The van der Waals surface area contributed by atoms with E-state index in [1.165, 1.54) is 5.82 Å². The van der Waals surface area contributed by atoms with Gasteiger partial charge >= 0.3 is 5.82 Å². The molecule has 0 spiro atoms. The van der Waals surface area contributed by atoms with Crippen LogP contribution in [0.2, 0.25) is 0 Å². The van der Waals surface area contributed by atoms with Crippen molar-refractivity contribution in [1.29, 1.82) is 0 Å². The van der Waals surface area contributed by atoms with Gasteiger partial charge in [0, 0.05) is 6.20 Å². The predicted octanol–water partition coefficient (Wildman–Crippen LogP) is 2.66. The van der Waals surface area contributed by atoms with Crippen LogP contribution < -0.4 is 4.57 Å². The molecule has 0 aliphatic carbocycles. The van der Waals surface area contributed by atoms with Crippen LogP contribution in [-0.2, 0) is 13.1 Å². The van der Waals surface area contributed by atoms with Crippen molar-refractivity contribution >= 4 is 0 Å². The third-order valence-corrected chi connectivity index (χ3v) is 2.79. The van der Waals surface area contributed by atoms with E-state index >= 15 is 0 Å². The Morgan fingerprint density at radius 3 is 2.76 bits per heavy atom. The Kier molecular flexibility index (Phi) is 3.91. The molecule has 0 N–H and O–H groups in total. The average molecular weight is 230 g/mol. The fourth-order valence-electron chi connectivity index (χ4n) is 2.10. The lowest BCUT2D eigenvalue weighted by Gasteiger charge is -2.02. The summed E-state index contributed by atoms with van der Waals surface area (Å²) >= 11 is 0. The Labute approximate surface area is 103 Å². The number of hydrogen-bond acceptors (Lipinski definition) is 1. The molecule has 0 saturated carbocycles. The van der Waals surface area contributed by atoms with E-state index < -0.39 is 0 Å². The number of nitrogens with zero attached hydrogens (tertiary/aromatic N) is 3. The summed E-state index contributed by atoms with van der Waals surface area (Å²) in [6.45, 7) is 6.49. The highest BCUT2D eigenvalue weighted by Crippen LogP contribution is 2.13. The van der Waals surface area contributed by atoms with Gasteiger partial charge in [-0.25, -0.2) is 14.1 Å². The van der Waals surface area contributed by atoms with Crippen LogP contribution in [0, 0.1) is 0 Å². The first-order chi connectivity index (χ1) is 8.36. The molecule has 0 radical (unpaired) electrons. The molecule has 90 valence electrons. The van der Waals surface area contributed by atoms with E-state index in [1.54, 1.807) is 0 Å². The minimum absolute atomic E-state index is 1.04. The third kappa shape index (κ3) is 2.54. The van der Waals surface area contributed by atoms with E-state index in [9.17, 15) is 0 Å². The standard InChI is InChI=1S/C14H20N3/c1-3-9-16-11-12-17(10-4-2)14(16)13-7-5-6-8-15-13/h5-8,11-12H,3-4,9-10H2,1-2H3/q+1. The van der Waals surface area contributed by atoms with Crippen molar-refractivity contribution in [3.8, 4) is 11.5 Å². The number of aromatic nitrogens is 3. The van der Waals surface area contributed by atoms with E-state index in [1.807, 2.05) is 18.3 Å². The smallest absolute Gasteiger partial charge is 0.248 e. The van der Waals surface area contributed by atoms with Gasteiger partial charge in [0.05, 0.1) is 13.1 Å². The van der Waals surface area contributed by atoms with Crippen LogP contribution in [0.15, 0.2) is 36.8 Å². The van der Waals surface area contributed by atoms with Gasteiger partial charge in [-0.15, -0.1) is 0 Å². The first-order valence-electron chi connectivity index (χ1n) is 6.36. The second-order valence-corrected chi connectivity index (χ2v) is 4.22. The van der Waals surface area contributed by atoms with Crippen LogP contribution >= 0.6 is 0 Å². The molecule has 2 rings (SSSR count). The van der Waals surface area contributed by atoms with Crippen LogP contribution in [0.25, 0.3) is 11.5 Å². The van der Waals surface area contributed by atoms with Crippen LogP contribution in [-0.4, -0.2) is 9.55 Å². The Bertz CT molecular complexity index is 436. The van der Waals surface area contributed by atoms with Gasteiger partial charge < -0.3 is 0 Å². The molecular weight excluding hydrogens is 210 g/mol. The van der Waals surface area contributed by atoms with Gasteiger partial charge in [0.1, 0.15) is 12.4 Å². The number of aryl methyl sites for hydroxylation is 2. The van der Waals surface area contributed by atoms with Crippen molar-refractivity contribution < 1.29 is 4.57 Å². The normalized spacial score (nSPS) is 10.7. The molecule has 0 unspecified atom stereocenters. The van der Waals surface area contributed by atoms with Gasteiger partial charge in [-0.1, -0.05) is 19.9 Å². The van der Waals surface area contributed by atoms with Crippen molar-refractivity contribution in [3.63, 3.8) is 0 Å². The van der Waals surface area contributed by atoms with Crippen molar-refractivity contribution in [3.05, 3.63) is 36.8 Å². The molecular formula is C14H20N3+. The zero-order valence-corrected chi connectivity index (χ0v) is 10.6. The van der Waals surface area contributed by atoms with Gasteiger partial charge in [-0.3, -0.25) is 0 Å². The SMILES string of the molecule is CCCn1cc[n+](CCC)c1-c1ccccn1. The van der Waals surface area contributed by atoms with E-state index in [-0.39, 0.29) is 0 Å². The molecule has 2 heterocycles. The van der Waals surface area contributed by atoms with E-state index in [0.717, 1.165) is 31.6 Å². The fraction of sp³-hybridized carbons (Fsp3) is 0.429. The third-order valence-electron chi connectivity index (χ3n) is 2.79. The van der Waals surface area contributed by atoms with Gasteiger partial charge in [-0.2, -0.15) is 0 Å². The Balaban J connectivity index is 2.44. The maximum Gasteiger partial charge on any atom is 0.307 e. The van der Waals surface area contributed by atoms with Crippen LogP contribution in [0.3, 0.4) is 0 Å². The lowest BCUT2D eigenvalue weighted by atomic mass is 10.3. The number of rotatable bonds is 5. The quantitative estimate of drug-likeness (QED) is 0.724. The summed E-state index contributed by atoms with van der Waals surface area (Å²) in [5, 5.41) is 0. The lowest BCUT2D eigenvalue weighted by Crippen LogP contribution is -2.34. The summed E-state index contributed by atoms with van der Waals surface area (Å²) in [5.41, 5.74) is 1.06. The highest BCUT2D eigenvalue weighted by Gasteiger charge is 2.18. The minimum atomic E-state index is 1.04. The Hall–Kier alpha value is -1.64. The van der Waals surface area contributed by atoms with Gasteiger partial charge in [0.2, 0.25) is 0 Å². The molecule has 0 fully saturated rings. The van der Waals surface area contributed by atoms with Crippen molar-refractivity contribution in [2.45, 2.75) is 39.8 Å². The topological polar surface area (TPSA) is 21.7 Å². The average Bonchev–Trinajstić information content (AvgIpc) is 2.74. The monoisotopic (exact) mass is 230 g/mol. The first kappa shape index (κ1) is 11.8. The van der Waals surface area contributed by atoms with Crippen LogP contribution in [0.1, 0.15) is 26.7 Å². The maximum absolute atomic E-state index is 4.47. The highest BCUT2D eigenvalue weighted by atomic mass is 15.2. The van der Waals surface area contributed by atoms with Gasteiger partial charge in [0.25, 0.3) is 0 Å². The largest absolute Gasteiger partial charge is 0.307 e. The fourth-order valence-corrected chi connectivity index (χ4v) is 2.10. The Morgan fingerprint density at radius 2 is 2.12 bits per heavy atom. The van der Waals surface area contributed by atoms with E-state index in [0.29, 0.717) is 0 Å². The molecule has 0 aliphatic heterocycles. The maximum atomic E-state index is 4.47.